The highest BCUT2D eigenvalue weighted by molar-refractivity contribution is 6.13. The molecule has 33 heavy (non-hydrogen) atoms. The number of pyridine rings is 1. The van der Waals surface area contributed by atoms with E-state index < -0.39 is 41.3 Å². The number of benzene rings is 1. The molecule has 0 aliphatic heterocycles. The zero-order valence-corrected chi connectivity index (χ0v) is 18.2. The average Bonchev–Trinajstić information content (AvgIpc) is 3.31. The van der Waals surface area contributed by atoms with Gasteiger partial charge in [0.1, 0.15) is 11.5 Å². The van der Waals surface area contributed by atoms with Crippen LogP contribution in [0.25, 0.3) is 11.3 Å². The number of aromatic amines is 1. The molecule has 1 atom stereocenters. The second-order valence-electron chi connectivity index (χ2n) is 7.86. The minimum absolute atomic E-state index is 0.0464. The monoisotopic (exact) mass is 485 g/mol. The Bertz CT molecular complexity index is 1120. The smallest absolute Gasteiger partial charge is 0.374 e. The molecule has 0 saturated heterocycles. The Morgan fingerprint density at radius 2 is 1.85 bits per heavy atom. The molecule has 1 aromatic carbocycles. The third-order valence-corrected chi connectivity index (χ3v) is 5.54. The number of imidazole rings is 1. The van der Waals surface area contributed by atoms with E-state index in [0.717, 1.165) is 24.4 Å². The number of hydrogen-bond donors (Lipinski definition) is 4. The highest BCUT2D eigenvalue weighted by atomic mass is 35.5. The predicted molar refractivity (Wildman–Crippen MR) is 113 cm³/mol. The van der Waals surface area contributed by atoms with E-state index in [0.29, 0.717) is 5.56 Å². The van der Waals surface area contributed by atoms with Crippen molar-refractivity contribution < 1.29 is 27.5 Å². The molecular weight excluding hydrogens is 466 g/mol. The molecule has 7 nitrogen and oxygen atoms in total. The van der Waals surface area contributed by atoms with E-state index in [9.17, 15) is 27.5 Å². The van der Waals surface area contributed by atoms with Gasteiger partial charge in [-0.3, -0.25) is 4.79 Å². The van der Waals surface area contributed by atoms with Crippen molar-refractivity contribution in [1.29, 1.82) is 0 Å². The summed E-state index contributed by atoms with van der Waals surface area (Å²) in [4.78, 5) is 24.8. The van der Waals surface area contributed by atoms with Crippen LogP contribution >= 0.6 is 11.8 Å². The van der Waals surface area contributed by atoms with Crippen molar-refractivity contribution in [2.45, 2.75) is 31.2 Å². The average molecular weight is 486 g/mol. The topological polar surface area (TPSA) is 103 Å². The molecule has 0 aliphatic carbocycles. The van der Waals surface area contributed by atoms with Gasteiger partial charge in [0, 0.05) is 5.56 Å². The maximum Gasteiger partial charge on any atom is 0.424 e. The van der Waals surface area contributed by atoms with Gasteiger partial charge in [0.15, 0.2) is 0 Å². The summed E-state index contributed by atoms with van der Waals surface area (Å²) in [7, 11) is 0. The molecule has 0 saturated carbocycles. The van der Waals surface area contributed by atoms with Gasteiger partial charge in [0.2, 0.25) is 5.60 Å². The zero-order chi connectivity index (χ0) is 24.4. The van der Waals surface area contributed by atoms with Gasteiger partial charge in [-0.15, -0.1) is 0 Å². The van der Waals surface area contributed by atoms with E-state index in [1.165, 1.54) is 24.5 Å². The number of H-pyrrole nitrogens is 1. The molecule has 2 aromatic heterocycles. The Labute approximate surface area is 191 Å². The number of carbonyl (C=O) groups is 1. The van der Waals surface area contributed by atoms with Crippen molar-refractivity contribution in [3.8, 4) is 11.3 Å². The van der Waals surface area contributed by atoms with Crippen LogP contribution in [0, 0.1) is 5.82 Å². The van der Waals surface area contributed by atoms with Crippen LogP contribution in [0.15, 0.2) is 48.9 Å². The number of nitrogens with one attached hydrogen (secondary N) is 3. The number of carbonyl (C=O) groups excluding carboxylic acids is 1. The summed E-state index contributed by atoms with van der Waals surface area (Å²) in [5, 5.41) is 12.9. The highest BCUT2D eigenvalue weighted by Gasteiger charge is 2.56. The number of alkyl halides is 3. The fraction of sp³-hybridized carbons (Fsp3) is 0.286. The Hall–Kier alpha value is -3.02. The minimum atomic E-state index is -5.21. The van der Waals surface area contributed by atoms with E-state index in [4.69, 9.17) is 11.8 Å². The fourth-order valence-corrected chi connectivity index (χ4v) is 3.05. The van der Waals surface area contributed by atoms with E-state index in [1.54, 1.807) is 13.8 Å². The van der Waals surface area contributed by atoms with Gasteiger partial charge in [-0.05, 0) is 67.6 Å². The molecule has 0 bridgehead atoms. The standard InChI is InChI=1S/C21H20ClF4N5O2/c1-19(2,31-22)13-7-15(12-3-5-14(23)6-4-12)30-17(8-13)20(33,21(24,25)26)10-28-18(32)16-9-27-11-29-16/h3-9,11,31,33H,10H2,1-2H3,(H,27,29)(H,28,32). The molecule has 1 amide bonds. The SMILES string of the molecule is CC(C)(NCl)c1cc(-c2ccc(F)cc2)nc(C(O)(CNC(=O)c2cnc[nH]2)C(F)(F)F)c1. The van der Waals surface area contributed by atoms with Crippen molar-refractivity contribution in [3.05, 3.63) is 71.7 Å². The first kappa shape index (κ1) is 24.6. The third kappa shape index (κ3) is 5.15. The van der Waals surface area contributed by atoms with Gasteiger partial charge in [0.05, 0.1) is 36.0 Å². The minimum Gasteiger partial charge on any atom is -0.374 e. The van der Waals surface area contributed by atoms with Crippen LogP contribution in [0.4, 0.5) is 17.6 Å². The summed E-state index contributed by atoms with van der Waals surface area (Å²) in [6, 6.07) is 7.49. The van der Waals surface area contributed by atoms with E-state index in [-0.39, 0.29) is 17.0 Å². The van der Waals surface area contributed by atoms with Crippen LogP contribution in [-0.4, -0.2) is 38.7 Å². The van der Waals surface area contributed by atoms with Crippen molar-refractivity contribution in [2.75, 3.05) is 6.54 Å². The summed E-state index contributed by atoms with van der Waals surface area (Å²) in [6.45, 7) is 2.00. The summed E-state index contributed by atoms with van der Waals surface area (Å²) in [5.41, 5.74) is -4.79. The van der Waals surface area contributed by atoms with Crippen molar-refractivity contribution in [1.82, 2.24) is 25.1 Å². The normalized spacial score (nSPS) is 14.1. The Morgan fingerprint density at radius 1 is 1.18 bits per heavy atom. The van der Waals surface area contributed by atoms with Crippen molar-refractivity contribution in [3.63, 3.8) is 0 Å². The molecular formula is C21H20ClF4N5O2. The molecule has 4 N–H and O–H groups in total. The van der Waals surface area contributed by atoms with Gasteiger partial charge in [0.25, 0.3) is 5.91 Å². The largest absolute Gasteiger partial charge is 0.424 e. The quantitative estimate of drug-likeness (QED) is 0.301. The lowest BCUT2D eigenvalue weighted by Crippen LogP contribution is -2.51. The summed E-state index contributed by atoms with van der Waals surface area (Å²) in [6.07, 6.45) is -2.90. The molecule has 12 heteroatoms. The second kappa shape index (κ2) is 9.08. The Morgan fingerprint density at radius 3 is 2.39 bits per heavy atom. The van der Waals surface area contributed by atoms with E-state index in [2.05, 4.69) is 25.1 Å². The fourth-order valence-electron chi connectivity index (χ4n) is 2.95. The molecule has 0 radical (unpaired) electrons. The molecule has 2 heterocycles. The van der Waals surface area contributed by atoms with Crippen LogP contribution in [0.3, 0.4) is 0 Å². The number of aliphatic hydroxyl groups is 1. The lowest BCUT2D eigenvalue weighted by atomic mass is 9.89. The van der Waals surface area contributed by atoms with Gasteiger partial charge >= 0.3 is 6.18 Å². The first-order valence-electron chi connectivity index (χ1n) is 9.60. The van der Waals surface area contributed by atoms with Crippen LogP contribution in [0.1, 0.15) is 35.6 Å². The van der Waals surface area contributed by atoms with Crippen molar-refractivity contribution >= 4 is 17.7 Å². The number of rotatable bonds is 7. The third-order valence-electron chi connectivity index (χ3n) is 5.06. The van der Waals surface area contributed by atoms with Crippen LogP contribution < -0.4 is 10.2 Å². The molecule has 3 rings (SSSR count). The molecule has 1 unspecified atom stereocenters. The van der Waals surface area contributed by atoms with Gasteiger partial charge in [-0.1, -0.05) is 0 Å². The Balaban J connectivity index is 2.11. The van der Waals surface area contributed by atoms with Crippen LogP contribution in [-0.2, 0) is 11.1 Å². The lowest BCUT2D eigenvalue weighted by Gasteiger charge is -2.32. The summed E-state index contributed by atoms with van der Waals surface area (Å²) >= 11 is 5.79. The molecule has 3 aromatic rings. The number of nitrogens with zero attached hydrogens (tertiary/aromatic N) is 2. The molecule has 176 valence electrons. The number of amides is 1. The summed E-state index contributed by atoms with van der Waals surface area (Å²) < 4.78 is 55.7. The number of halogens is 5. The van der Waals surface area contributed by atoms with Crippen molar-refractivity contribution in [2.24, 2.45) is 0 Å². The van der Waals surface area contributed by atoms with E-state index >= 15 is 0 Å². The highest BCUT2D eigenvalue weighted by Crippen LogP contribution is 2.40. The molecule has 0 aliphatic rings. The van der Waals surface area contributed by atoms with Gasteiger partial charge in [-0.25, -0.2) is 19.2 Å². The molecule has 0 spiro atoms. The maximum atomic E-state index is 14.1. The van der Waals surface area contributed by atoms with Gasteiger partial charge < -0.3 is 15.4 Å². The van der Waals surface area contributed by atoms with Crippen LogP contribution in [0.2, 0.25) is 0 Å². The second-order valence-corrected chi connectivity index (χ2v) is 8.05. The number of hydrogen-bond acceptors (Lipinski definition) is 5. The molecule has 0 fully saturated rings. The zero-order valence-electron chi connectivity index (χ0n) is 17.5. The van der Waals surface area contributed by atoms with Crippen LogP contribution in [0.5, 0.6) is 0 Å². The van der Waals surface area contributed by atoms with E-state index in [1.807, 2.05) is 0 Å². The summed E-state index contributed by atoms with van der Waals surface area (Å²) in [5.74, 6) is -1.43. The first-order valence-corrected chi connectivity index (χ1v) is 9.97. The Kier molecular flexibility index (Phi) is 6.78. The maximum absolute atomic E-state index is 14.1. The van der Waals surface area contributed by atoms with Gasteiger partial charge in [-0.2, -0.15) is 13.2 Å². The predicted octanol–water partition coefficient (Wildman–Crippen LogP) is 3.77. The first-order chi connectivity index (χ1) is 15.4. The lowest BCUT2D eigenvalue weighted by molar-refractivity contribution is -0.265. The number of aromatic nitrogens is 3.